The lowest BCUT2D eigenvalue weighted by Gasteiger charge is -2.18. The van der Waals surface area contributed by atoms with Crippen molar-refractivity contribution in [1.29, 1.82) is 0 Å². The Morgan fingerprint density at radius 3 is 2.43 bits per heavy atom. The Bertz CT molecular complexity index is 795. The fourth-order valence-electron chi connectivity index (χ4n) is 2.63. The van der Waals surface area contributed by atoms with E-state index < -0.39 is 0 Å². The van der Waals surface area contributed by atoms with Gasteiger partial charge in [-0.1, -0.05) is 58.4 Å². The summed E-state index contributed by atoms with van der Waals surface area (Å²) in [7, 11) is 0. The molecule has 0 bridgehead atoms. The Balaban J connectivity index is 2.01. The predicted octanol–water partition coefficient (Wildman–Crippen LogP) is 4.18. The second-order valence-corrected chi connectivity index (χ2v) is 5.76. The molecule has 1 unspecified atom stereocenters. The first kappa shape index (κ1) is 14.1. The minimum atomic E-state index is 0.0805. The Morgan fingerprint density at radius 1 is 0.952 bits per heavy atom. The zero-order chi connectivity index (χ0) is 14.7. The van der Waals surface area contributed by atoms with Crippen LogP contribution in [0.3, 0.4) is 0 Å². The fourth-order valence-corrected chi connectivity index (χ4v) is 3.20. The highest BCUT2D eigenvalue weighted by atomic mass is 79.9. The van der Waals surface area contributed by atoms with E-state index in [1.807, 2.05) is 36.5 Å². The van der Waals surface area contributed by atoms with Gasteiger partial charge in [-0.2, -0.15) is 0 Å². The highest BCUT2D eigenvalue weighted by Crippen LogP contribution is 2.22. The first-order valence-corrected chi connectivity index (χ1v) is 8.11. The third kappa shape index (κ3) is 2.93. The van der Waals surface area contributed by atoms with E-state index in [4.69, 9.17) is 0 Å². The molecule has 0 N–H and O–H groups in total. The van der Waals surface area contributed by atoms with Crippen LogP contribution in [-0.2, 0) is 6.54 Å². The van der Waals surface area contributed by atoms with Gasteiger partial charge in [-0.05, 0) is 17.7 Å². The van der Waals surface area contributed by atoms with E-state index in [9.17, 15) is 4.79 Å². The molecular formula is C18H16BrNO. The Morgan fingerprint density at radius 2 is 1.67 bits per heavy atom. The van der Waals surface area contributed by atoms with Gasteiger partial charge in [-0.25, -0.2) is 0 Å². The molecule has 0 aliphatic rings. The number of fused-ring (bicyclic) bond motifs is 1. The lowest BCUT2D eigenvalue weighted by Crippen LogP contribution is -2.14. The van der Waals surface area contributed by atoms with Crippen LogP contribution in [0.15, 0.2) is 71.7 Å². The molecule has 21 heavy (non-hydrogen) atoms. The van der Waals surface area contributed by atoms with E-state index in [1.54, 1.807) is 6.07 Å². The maximum atomic E-state index is 11.9. The maximum absolute atomic E-state index is 11.9. The lowest BCUT2D eigenvalue weighted by atomic mass is 10.0. The third-order valence-electron chi connectivity index (χ3n) is 3.76. The quantitative estimate of drug-likeness (QED) is 0.652. The topological polar surface area (TPSA) is 22.0 Å². The number of hydrogen-bond acceptors (Lipinski definition) is 1. The third-order valence-corrected chi connectivity index (χ3v) is 4.54. The van der Waals surface area contributed by atoms with Gasteiger partial charge in [0.25, 0.3) is 0 Å². The molecule has 1 atom stereocenters. The van der Waals surface area contributed by atoms with Gasteiger partial charge in [-0.3, -0.25) is 4.79 Å². The Labute approximate surface area is 132 Å². The van der Waals surface area contributed by atoms with Gasteiger partial charge in [0.1, 0.15) is 0 Å². The van der Waals surface area contributed by atoms with Crippen LogP contribution in [0, 0.1) is 0 Å². The summed E-state index contributed by atoms with van der Waals surface area (Å²) in [6, 6.07) is 19.9. The number of halogens is 1. The van der Waals surface area contributed by atoms with Crippen LogP contribution in [0.4, 0.5) is 0 Å². The molecule has 3 rings (SSSR count). The molecule has 106 valence electrons. The molecule has 0 amide bonds. The lowest BCUT2D eigenvalue weighted by molar-refractivity contribution is 0.620. The van der Waals surface area contributed by atoms with Crippen LogP contribution in [0.5, 0.6) is 0 Å². The van der Waals surface area contributed by atoms with E-state index in [2.05, 4.69) is 44.8 Å². The molecule has 3 aromatic rings. The largest absolute Gasteiger partial charge is 0.347 e. The molecule has 0 radical (unpaired) electrons. The molecule has 0 fully saturated rings. The number of nitrogens with zero attached hydrogens (tertiary/aromatic N) is 1. The SMILES string of the molecule is O=c1ccn(CC(CBr)c2ccccc2)c2ccccc12. The standard InChI is InChI=1S/C18H16BrNO/c19-12-15(14-6-2-1-3-7-14)13-20-11-10-18(21)16-8-4-5-9-17(16)20/h1-11,15H,12-13H2. The minimum absolute atomic E-state index is 0.0805. The van der Waals surface area contributed by atoms with E-state index in [-0.39, 0.29) is 5.43 Å². The van der Waals surface area contributed by atoms with Crippen molar-refractivity contribution in [3.8, 4) is 0 Å². The minimum Gasteiger partial charge on any atom is -0.347 e. The second kappa shape index (κ2) is 6.27. The summed E-state index contributed by atoms with van der Waals surface area (Å²) >= 11 is 3.61. The zero-order valence-corrected chi connectivity index (χ0v) is 13.2. The number of hydrogen-bond donors (Lipinski definition) is 0. The molecule has 1 aromatic heterocycles. The summed E-state index contributed by atoms with van der Waals surface area (Å²) in [6.45, 7) is 0.843. The Hall–Kier alpha value is -1.87. The van der Waals surface area contributed by atoms with Crippen LogP contribution in [-0.4, -0.2) is 9.90 Å². The van der Waals surface area contributed by atoms with Crippen molar-refractivity contribution < 1.29 is 0 Å². The monoisotopic (exact) mass is 341 g/mol. The summed E-state index contributed by atoms with van der Waals surface area (Å²) < 4.78 is 2.16. The van der Waals surface area contributed by atoms with Crippen LogP contribution >= 0.6 is 15.9 Å². The van der Waals surface area contributed by atoms with Gasteiger partial charge >= 0.3 is 0 Å². The van der Waals surface area contributed by atoms with E-state index in [0.29, 0.717) is 5.92 Å². The van der Waals surface area contributed by atoms with Crippen LogP contribution in [0.1, 0.15) is 11.5 Å². The van der Waals surface area contributed by atoms with Crippen molar-refractivity contribution in [2.45, 2.75) is 12.5 Å². The van der Waals surface area contributed by atoms with Gasteiger partial charge in [0, 0.05) is 35.4 Å². The van der Waals surface area contributed by atoms with Crippen molar-refractivity contribution >= 4 is 26.8 Å². The number of aromatic nitrogens is 1. The highest BCUT2D eigenvalue weighted by molar-refractivity contribution is 9.09. The number of alkyl halides is 1. The molecule has 0 saturated heterocycles. The van der Waals surface area contributed by atoms with E-state index in [1.165, 1.54) is 5.56 Å². The molecule has 0 aliphatic carbocycles. The molecule has 0 spiro atoms. The number of benzene rings is 2. The number of rotatable bonds is 4. The molecular weight excluding hydrogens is 326 g/mol. The van der Waals surface area contributed by atoms with Gasteiger partial charge in [0.05, 0.1) is 5.52 Å². The van der Waals surface area contributed by atoms with Crippen molar-refractivity contribution in [3.05, 3.63) is 82.6 Å². The smallest absolute Gasteiger partial charge is 0.189 e. The highest BCUT2D eigenvalue weighted by Gasteiger charge is 2.12. The molecule has 0 aliphatic heterocycles. The van der Waals surface area contributed by atoms with Crippen LogP contribution < -0.4 is 5.43 Å². The molecule has 0 saturated carbocycles. The van der Waals surface area contributed by atoms with Gasteiger partial charge < -0.3 is 4.57 Å². The average Bonchev–Trinajstić information content (AvgIpc) is 2.55. The first-order valence-electron chi connectivity index (χ1n) is 6.98. The first-order chi connectivity index (χ1) is 10.3. The maximum Gasteiger partial charge on any atom is 0.189 e. The molecule has 2 aromatic carbocycles. The van der Waals surface area contributed by atoms with Crippen LogP contribution in [0.25, 0.3) is 10.9 Å². The normalized spacial score (nSPS) is 12.4. The van der Waals surface area contributed by atoms with Crippen molar-refractivity contribution in [3.63, 3.8) is 0 Å². The number of para-hydroxylation sites is 1. The average molecular weight is 342 g/mol. The second-order valence-electron chi connectivity index (χ2n) is 5.11. The summed E-state index contributed by atoms with van der Waals surface area (Å²) in [5, 5.41) is 1.67. The van der Waals surface area contributed by atoms with Crippen molar-refractivity contribution in [1.82, 2.24) is 4.57 Å². The molecule has 2 nitrogen and oxygen atoms in total. The van der Waals surface area contributed by atoms with Crippen LogP contribution in [0.2, 0.25) is 0 Å². The molecule has 3 heteroatoms. The fraction of sp³-hybridized carbons (Fsp3) is 0.167. The zero-order valence-electron chi connectivity index (χ0n) is 11.6. The summed E-state index contributed by atoms with van der Waals surface area (Å²) in [5.41, 5.74) is 2.38. The van der Waals surface area contributed by atoms with Gasteiger partial charge in [0.2, 0.25) is 0 Å². The van der Waals surface area contributed by atoms with E-state index in [0.717, 1.165) is 22.8 Å². The summed E-state index contributed by atoms with van der Waals surface area (Å²) in [6.07, 6.45) is 1.89. The van der Waals surface area contributed by atoms with Gasteiger partial charge in [0.15, 0.2) is 5.43 Å². The summed E-state index contributed by atoms with van der Waals surface area (Å²) in [4.78, 5) is 11.9. The Kier molecular flexibility index (Phi) is 4.20. The van der Waals surface area contributed by atoms with Crippen molar-refractivity contribution in [2.24, 2.45) is 0 Å². The van der Waals surface area contributed by atoms with Gasteiger partial charge in [-0.15, -0.1) is 0 Å². The predicted molar refractivity (Wildman–Crippen MR) is 91.2 cm³/mol. The summed E-state index contributed by atoms with van der Waals surface area (Å²) in [5.74, 6) is 0.372. The van der Waals surface area contributed by atoms with E-state index >= 15 is 0 Å². The molecule has 1 heterocycles. The number of pyridine rings is 1. The van der Waals surface area contributed by atoms with Crippen molar-refractivity contribution in [2.75, 3.05) is 5.33 Å².